The minimum atomic E-state index is -0.557. The molecular weight excluding hydrogens is 502 g/mol. The average Bonchev–Trinajstić information content (AvgIpc) is 3.37. The summed E-state index contributed by atoms with van der Waals surface area (Å²) >= 11 is 0. The van der Waals surface area contributed by atoms with E-state index >= 15 is 0 Å². The third-order valence-electron chi connectivity index (χ3n) is 6.99. The van der Waals surface area contributed by atoms with E-state index in [2.05, 4.69) is 20.9 Å². The van der Waals surface area contributed by atoms with Gasteiger partial charge in [0.2, 0.25) is 11.8 Å². The number of anilines is 1. The fourth-order valence-corrected chi connectivity index (χ4v) is 4.90. The van der Waals surface area contributed by atoms with Gasteiger partial charge >= 0.3 is 0 Å². The molecule has 8 nitrogen and oxygen atoms in total. The number of aryl methyl sites for hydroxylation is 1. The number of nitrogens with one attached hydrogen (secondary N) is 3. The van der Waals surface area contributed by atoms with Crippen molar-refractivity contribution in [1.82, 2.24) is 25.1 Å². The Hall–Kier alpha value is -3.63. The number of carbonyl (C=O) groups excluding carboxylic acids is 2. The van der Waals surface area contributed by atoms with E-state index in [0.717, 1.165) is 23.7 Å². The van der Waals surface area contributed by atoms with Crippen LogP contribution in [0.5, 0.6) is 0 Å². The lowest BCUT2D eigenvalue weighted by Crippen LogP contribution is -2.48. The van der Waals surface area contributed by atoms with Crippen LogP contribution in [0.3, 0.4) is 0 Å². The third-order valence-corrected chi connectivity index (χ3v) is 6.99. The smallest absolute Gasteiger partial charge is 0.242 e. The Morgan fingerprint density at radius 2 is 2.00 bits per heavy atom. The number of fused-ring (bicyclic) bond motifs is 1. The van der Waals surface area contributed by atoms with Crippen LogP contribution >= 0.6 is 0 Å². The van der Waals surface area contributed by atoms with Crippen molar-refractivity contribution in [3.8, 4) is 5.69 Å². The van der Waals surface area contributed by atoms with Crippen LogP contribution < -0.4 is 16.0 Å². The number of benzene rings is 2. The van der Waals surface area contributed by atoms with Crippen LogP contribution in [0.15, 0.2) is 48.9 Å². The average molecular weight is 539 g/mol. The maximum absolute atomic E-state index is 14.4. The molecule has 1 unspecified atom stereocenters. The Labute approximate surface area is 227 Å². The molecule has 0 saturated heterocycles. The Bertz CT molecular complexity index is 1310. The molecule has 0 fully saturated rings. The fraction of sp³-hybridized carbons (Fsp3) is 0.414. The minimum Gasteiger partial charge on any atom is -0.348 e. The first-order valence-corrected chi connectivity index (χ1v) is 13.3. The van der Waals surface area contributed by atoms with Crippen molar-refractivity contribution in [3.63, 3.8) is 0 Å². The first kappa shape index (κ1) is 28.4. The summed E-state index contributed by atoms with van der Waals surface area (Å²) in [5, 5.41) is 9.48. The molecule has 39 heavy (non-hydrogen) atoms. The van der Waals surface area contributed by atoms with E-state index in [4.69, 9.17) is 0 Å². The molecular formula is C29H36F2N6O2. The molecule has 10 heteroatoms. The zero-order valence-corrected chi connectivity index (χ0v) is 22.6. The van der Waals surface area contributed by atoms with E-state index in [1.807, 2.05) is 35.8 Å². The van der Waals surface area contributed by atoms with E-state index < -0.39 is 17.7 Å². The van der Waals surface area contributed by atoms with Crippen molar-refractivity contribution in [2.24, 2.45) is 0 Å². The summed E-state index contributed by atoms with van der Waals surface area (Å²) in [6.07, 6.45) is 6.47. The normalized spacial score (nSPS) is 15.5. The molecule has 208 valence electrons. The van der Waals surface area contributed by atoms with Gasteiger partial charge in [-0.2, -0.15) is 0 Å². The number of carbonyl (C=O) groups is 2. The van der Waals surface area contributed by atoms with Gasteiger partial charge in [-0.25, -0.2) is 13.8 Å². The molecule has 1 aliphatic rings. The molecule has 0 radical (unpaired) electrons. The second kappa shape index (κ2) is 12.9. The SMILES string of the molecule is CCCC(N[C@H]1CCc2cc(F)cc(F)c2C1)C(=O)Nc1cn(-c2ccccc2CNCC(=O)N(C)C)cn1. The molecule has 3 N–H and O–H groups in total. The van der Waals surface area contributed by atoms with Crippen molar-refractivity contribution in [1.29, 1.82) is 0 Å². The number of hydrogen-bond donors (Lipinski definition) is 3. The maximum Gasteiger partial charge on any atom is 0.242 e. The third kappa shape index (κ3) is 7.27. The minimum absolute atomic E-state index is 0.00757. The quantitative estimate of drug-likeness (QED) is 0.347. The number of nitrogens with zero attached hydrogens (tertiary/aromatic N) is 3. The van der Waals surface area contributed by atoms with Crippen LogP contribution in [0.2, 0.25) is 0 Å². The Morgan fingerprint density at radius 1 is 1.21 bits per heavy atom. The highest BCUT2D eigenvalue weighted by atomic mass is 19.1. The van der Waals surface area contributed by atoms with Crippen molar-refractivity contribution in [2.75, 3.05) is 26.0 Å². The molecule has 2 aromatic carbocycles. The van der Waals surface area contributed by atoms with Gasteiger partial charge in [0.25, 0.3) is 0 Å². The molecule has 2 atom stereocenters. The van der Waals surface area contributed by atoms with Gasteiger partial charge in [-0.3, -0.25) is 9.59 Å². The number of para-hydroxylation sites is 1. The second-order valence-corrected chi connectivity index (χ2v) is 10.1. The summed E-state index contributed by atoms with van der Waals surface area (Å²) in [6.45, 7) is 2.73. The van der Waals surface area contributed by atoms with Gasteiger partial charge < -0.3 is 25.4 Å². The predicted molar refractivity (Wildman–Crippen MR) is 147 cm³/mol. The topological polar surface area (TPSA) is 91.3 Å². The number of aromatic nitrogens is 2. The van der Waals surface area contributed by atoms with Crippen molar-refractivity contribution >= 4 is 17.6 Å². The molecule has 4 rings (SSSR count). The van der Waals surface area contributed by atoms with E-state index in [1.54, 1.807) is 26.6 Å². The summed E-state index contributed by atoms with van der Waals surface area (Å²) in [5.41, 5.74) is 3.09. The standard InChI is InChI=1S/C29H36F2N6O2/c1-4-7-25(34-22-11-10-19-12-21(30)13-24(31)23(19)14-22)29(39)35-27-17-37(18-33-27)26-9-6-5-8-20(26)15-32-16-28(38)36(2)3/h5-6,8-9,12-13,17-18,22,25,32,34H,4,7,10-11,14-16H2,1-3H3,(H,35,39)/t22-,25?/m0/s1. The van der Waals surface area contributed by atoms with Crippen molar-refractivity contribution in [2.45, 2.75) is 57.7 Å². The zero-order chi connectivity index (χ0) is 27.9. The van der Waals surface area contributed by atoms with Gasteiger partial charge in [-0.1, -0.05) is 31.5 Å². The van der Waals surface area contributed by atoms with Crippen LogP contribution in [0, 0.1) is 11.6 Å². The summed E-state index contributed by atoms with van der Waals surface area (Å²) in [6, 6.07) is 9.54. The highest BCUT2D eigenvalue weighted by Crippen LogP contribution is 2.26. The lowest BCUT2D eigenvalue weighted by molar-refractivity contribution is -0.127. The van der Waals surface area contributed by atoms with Gasteiger partial charge in [0, 0.05) is 32.7 Å². The summed E-state index contributed by atoms with van der Waals surface area (Å²) in [4.78, 5) is 31.0. The number of imidazole rings is 1. The highest BCUT2D eigenvalue weighted by Gasteiger charge is 2.27. The molecule has 1 heterocycles. The van der Waals surface area contributed by atoms with Crippen molar-refractivity contribution in [3.05, 3.63) is 77.2 Å². The Morgan fingerprint density at radius 3 is 2.77 bits per heavy atom. The lowest BCUT2D eigenvalue weighted by Gasteiger charge is -2.29. The number of amides is 2. The molecule has 3 aromatic rings. The zero-order valence-electron chi connectivity index (χ0n) is 22.6. The Balaban J connectivity index is 1.39. The van der Waals surface area contributed by atoms with E-state index in [1.165, 1.54) is 11.0 Å². The van der Waals surface area contributed by atoms with Crippen molar-refractivity contribution < 1.29 is 18.4 Å². The molecule has 0 saturated carbocycles. The number of likely N-dealkylation sites (N-methyl/N-ethyl adjacent to an activating group) is 1. The number of halogens is 2. The molecule has 0 spiro atoms. The van der Waals surface area contributed by atoms with E-state index in [9.17, 15) is 18.4 Å². The summed E-state index contributed by atoms with van der Waals surface area (Å²) in [5.74, 6) is -0.877. The summed E-state index contributed by atoms with van der Waals surface area (Å²) < 4.78 is 29.8. The van der Waals surface area contributed by atoms with E-state index in [-0.39, 0.29) is 24.4 Å². The molecule has 1 aromatic heterocycles. The van der Waals surface area contributed by atoms with Gasteiger partial charge in [-0.15, -0.1) is 0 Å². The summed E-state index contributed by atoms with van der Waals surface area (Å²) in [7, 11) is 3.44. The molecule has 0 aliphatic heterocycles. The Kier molecular flexibility index (Phi) is 9.42. The largest absolute Gasteiger partial charge is 0.348 e. The first-order chi connectivity index (χ1) is 18.7. The molecule has 0 bridgehead atoms. The van der Waals surface area contributed by atoms with Gasteiger partial charge in [0.1, 0.15) is 18.0 Å². The van der Waals surface area contributed by atoms with Gasteiger partial charge in [-0.05, 0) is 54.5 Å². The van der Waals surface area contributed by atoms with Crippen LogP contribution in [0.25, 0.3) is 5.69 Å². The van der Waals surface area contributed by atoms with Gasteiger partial charge in [0.15, 0.2) is 5.82 Å². The molecule has 1 aliphatic carbocycles. The maximum atomic E-state index is 14.4. The van der Waals surface area contributed by atoms with Crippen LogP contribution in [-0.2, 0) is 29.0 Å². The first-order valence-electron chi connectivity index (χ1n) is 13.3. The van der Waals surface area contributed by atoms with Crippen LogP contribution in [0.1, 0.15) is 42.9 Å². The number of hydrogen-bond acceptors (Lipinski definition) is 5. The van der Waals surface area contributed by atoms with Gasteiger partial charge in [0.05, 0.1) is 24.5 Å². The van der Waals surface area contributed by atoms with E-state index in [0.29, 0.717) is 49.2 Å². The lowest BCUT2D eigenvalue weighted by atomic mass is 9.87. The van der Waals surface area contributed by atoms with Crippen LogP contribution in [-0.4, -0.2) is 59.0 Å². The molecule has 2 amide bonds. The van der Waals surface area contributed by atoms with Crippen LogP contribution in [0.4, 0.5) is 14.6 Å². The fourth-order valence-electron chi connectivity index (χ4n) is 4.90. The highest BCUT2D eigenvalue weighted by molar-refractivity contribution is 5.94. The second-order valence-electron chi connectivity index (χ2n) is 10.1. The number of rotatable bonds is 11. The monoisotopic (exact) mass is 538 g/mol. The predicted octanol–water partition coefficient (Wildman–Crippen LogP) is 3.58.